The predicted molar refractivity (Wildman–Crippen MR) is 124 cm³/mol. The number of imide groups is 1. The van der Waals surface area contributed by atoms with Crippen molar-refractivity contribution >= 4 is 40.6 Å². The maximum atomic E-state index is 14.0. The summed E-state index contributed by atoms with van der Waals surface area (Å²) in [5, 5.41) is 11.4. The molecule has 3 aromatic carbocycles. The number of Topliss-reactive ketones (excluding diaryl/α,β-unsaturated/α-hetero) is 1. The number of nitrogens with zero attached hydrogens (tertiary/aromatic N) is 2. The summed E-state index contributed by atoms with van der Waals surface area (Å²) in [6.07, 6.45) is 0. The maximum absolute atomic E-state index is 14.0. The van der Waals surface area contributed by atoms with Gasteiger partial charge in [-0.15, -0.1) is 0 Å². The Hall–Kier alpha value is -3.84. The van der Waals surface area contributed by atoms with E-state index in [1.807, 2.05) is 48.5 Å². The van der Waals surface area contributed by atoms with Crippen molar-refractivity contribution in [3.8, 4) is 0 Å². The van der Waals surface area contributed by atoms with Crippen LogP contribution in [0.2, 0.25) is 5.02 Å². The van der Waals surface area contributed by atoms with Gasteiger partial charge in [-0.05, 0) is 35.2 Å². The fourth-order valence-corrected chi connectivity index (χ4v) is 6.60. The topological polar surface area (TPSA) is 97.6 Å². The van der Waals surface area contributed by atoms with Crippen LogP contribution in [0.15, 0.2) is 66.7 Å². The van der Waals surface area contributed by atoms with E-state index in [1.165, 1.54) is 19.1 Å². The first-order chi connectivity index (χ1) is 16.3. The Labute approximate surface area is 199 Å². The molecule has 1 aliphatic heterocycles. The van der Waals surface area contributed by atoms with Crippen molar-refractivity contribution in [3.05, 3.63) is 104 Å². The first-order valence-corrected chi connectivity index (χ1v) is 11.2. The number of nitro benzene ring substituents is 1. The van der Waals surface area contributed by atoms with Crippen LogP contribution < -0.4 is 4.90 Å². The van der Waals surface area contributed by atoms with E-state index >= 15 is 0 Å². The molecule has 7 rings (SSSR count). The Morgan fingerprint density at radius 2 is 1.56 bits per heavy atom. The lowest BCUT2D eigenvalue weighted by atomic mass is 9.46. The van der Waals surface area contributed by atoms with E-state index < -0.39 is 39.9 Å². The zero-order valence-corrected chi connectivity index (χ0v) is 18.7. The van der Waals surface area contributed by atoms with Gasteiger partial charge in [0.2, 0.25) is 11.8 Å². The summed E-state index contributed by atoms with van der Waals surface area (Å²) in [7, 11) is 0. The number of non-ortho nitro benzene ring substituents is 1. The van der Waals surface area contributed by atoms with Gasteiger partial charge in [0, 0.05) is 18.1 Å². The average molecular weight is 473 g/mol. The second-order valence-corrected chi connectivity index (χ2v) is 9.33. The summed E-state index contributed by atoms with van der Waals surface area (Å²) in [6, 6.07) is 18.6. The minimum absolute atomic E-state index is 0.0357. The van der Waals surface area contributed by atoms with Crippen molar-refractivity contribution in [2.24, 2.45) is 11.8 Å². The Bertz CT molecular complexity index is 1420. The molecule has 1 fully saturated rings. The number of amides is 2. The van der Waals surface area contributed by atoms with Crippen molar-refractivity contribution in [1.29, 1.82) is 0 Å². The molecule has 0 aromatic heterocycles. The zero-order chi connectivity index (χ0) is 23.9. The summed E-state index contributed by atoms with van der Waals surface area (Å²) < 4.78 is 0. The largest absolute Gasteiger partial charge is 0.299 e. The van der Waals surface area contributed by atoms with Gasteiger partial charge in [0.25, 0.3) is 5.69 Å². The lowest BCUT2D eigenvalue weighted by Gasteiger charge is -2.52. The van der Waals surface area contributed by atoms with Crippen LogP contribution in [0.4, 0.5) is 11.4 Å². The highest BCUT2D eigenvalue weighted by Crippen LogP contribution is 2.64. The second kappa shape index (κ2) is 6.84. The molecule has 34 heavy (non-hydrogen) atoms. The number of carbonyl (C=O) groups is 3. The lowest BCUT2D eigenvalue weighted by Crippen LogP contribution is -2.57. The third-order valence-corrected chi connectivity index (χ3v) is 7.87. The summed E-state index contributed by atoms with van der Waals surface area (Å²) in [4.78, 5) is 53.2. The average Bonchev–Trinajstić information content (AvgIpc) is 3.10. The van der Waals surface area contributed by atoms with Crippen molar-refractivity contribution in [2.45, 2.75) is 18.3 Å². The van der Waals surface area contributed by atoms with E-state index in [0.717, 1.165) is 33.2 Å². The number of rotatable bonds is 3. The van der Waals surface area contributed by atoms with E-state index in [1.54, 1.807) is 0 Å². The molecule has 0 saturated carbocycles. The molecule has 7 nitrogen and oxygen atoms in total. The molecule has 2 amide bonds. The molecular formula is C26H17ClN2O5. The van der Waals surface area contributed by atoms with Crippen LogP contribution in [0.25, 0.3) is 0 Å². The first-order valence-electron chi connectivity index (χ1n) is 10.8. The number of ketones is 1. The minimum atomic E-state index is -1.33. The predicted octanol–water partition coefficient (Wildman–Crippen LogP) is 4.39. The fourth-order valence-electron chi connectivity index (χ4n) is 6.39. The molecule has 168 valence electrons. The Morgan fingerprint density at radius 3 is 2.12 bits per heavy atom. The van der Waals surface area contributed by atoms with Crippen molar-refractivity contribution in [3.63, 3.8) is 0 Å². The molecule has 1 saturated heterocycles. The molecule has 0 unspecified atom stereocenters. The molecule has 2 bridgehead atoms. The van der Waals surface area contributed by atoms with Crippen LogP contribution in [-0.4, -0.2) is 22.5 Å². The number of benzene rings is 3. The van der Waals surface area contributed by atoms with Crippen LogP contribution in [0.5, 0.6) is 0 Å². The van der Waals surface area contributed by atoms with E-state index in [9.17, 15) is 24.5 Å². The molecule has 0 radical (unpaired) electrons. The molecule has 1 heterocycles. The number of hydrogen-bond donors (Lipinski definition) is 0. The Kier molecular flexibility index (Phi) is 4.17. The quantitative estimate of drug-likeness (QED) is 0.320. The molecule has 2 atom stereocenters. The lowest BCUT2D eigenvalue weighted by molar-refractivity contribution is -0.384. The van der Waals surface area contributed by atoms with Crippen LogP contribution in [0, 0.1) is 22.0 Å². The zero-order valence-electron chi connectivity index (χ0n) is 17.9. The third kappa shape index (κ3) is 2.29. The normalized spacial score (nSPS) is 26.2. The monoisotopic (exact) mass is 472 g/mol. The van der Waals surface area contributed by atoms with Crippen molar-refractivity contribution in [2.75, 3.05) is 4.90 Å². The van der Waals surface area contributed by atoms with Gasteiger partial charge in [0.15, 0.2) is 0 Å². The summed E-state index contributed by atoms with van der Waals surface area (Å²) in [6.45, 7) is 1.46. The Balaban J connectivity index is 1.65. The van der Waals surface area contributed by atoms with Gasteiger partial charge in [-0.3, -0.25) is 24.5 Å². The Morgan fingerprint density at radius 1 is 0.971 bits per heavy atom. The van der Waals surface area contributed by atoms with E-state index in [0.29, 0.717) is 0 Å². The fraction of sp³-hybridized carbons (Fsp3) is 0.192. The minimum Gasteiger partial charge on any atom is -0.299 e. The van der Waals surface area contributed by atoms with Gasteiger partial charge in [-0.25, -0.2) is 4.90 Å². The number of halogens is 1. The molecule has 8 heteroatoms. The van der Waals surface area contributed by atoms with E-state index in [2.05, 4.69) is 0 Å². The summed E-state index contributed by atoms with van der Waals surface area (Å²) in [5.41, 5.74) is 1.52. The van der Waals surface area contributed by atoms with Crippen LogP contribution in [-0.2, 0) is 19.8 Å². The van der Waals surface area contributed by atoms with Crippen LogP contribution >= 0.6 is 11.6 Å². The van der Waals surface area contributed by atoms with Crippen LogP contribution in [0.3, 0.4) is 0 Å². The van der Waals surface area contributed by atoms with Gasteiger partial charge in [0.05, 0.1) is 32.9 Å². The molecule has 3 aliphatic carbocycles. The smallest absolute Gasteiger partial charge is 0.271 e. The highest BCUT2D eigenvalue weighted by molar-refractivity contribution is 6.36. The van der Waals surface area contributed by atoms with Gasteiger partial charge in [-0.1, -0.05) is 60.1 Å². The van der Waals surface area contributed by atoms with E-state index in [-0.39, 0.29) is 22.2 Å². The molecule has 0 spiro atoms. The van der Waals surface area contributed by atoms with Crippen LogP contribution in [0.1, 0.15) is 35.1 Å². The van der Waals surface area contributed by atoms with E-state index in [4.69, 9.17) is 11.6 Å². The van der Waals surface area contributed by atoms with Gasteiger partial charge < -0.3 is 0 Å². The van der Waals surface area contributed by atoms with Gasteiger partial charge >= 0.3 is 0 Å². The molecule has 4 aliphatic rings. The van der Waals surface area contributed by atoms with Gasteiger partial charge in [0.1, 0.15) is 5.78 Å². The standard InChI is InChI=1S/C26H17ClN2O5/c1-13(30)26-17-8-4-2-6-15(17)21(16-7-3-5-9-18(16)26)22-23(26)25(32)28(24(22)31)20-12-14(29(33)34)10-11-19(20)27/h2-12,21-23H,1H3/t21?,22-,23+,26?/m0/s1. The molecule has 0 N–H and O–H groups in total. The summed E-state index contributed by atoms with van der Waals surface area (Å²) >= 11 is 6.34. The first kappa shape index (κ1) is 20.7. The number of carbonyl (C=O) groups excluding carboxylic acids is 3. The highest BCUT2D eigenvalue weighted by Gasteiger charge is 2.70. The number of hydrogen-bond acceptors (Lipinski definition) is 5. The number of nitro groups is 1. The number of anilines is 1. The molecule has 3 aromatic rings. The molecular weight excluding hydrogens is 456 g/mol. The van der Waals surface area contributed by atoms with Crippen molar-refractivity contribution < 1.29 is 19.3 Å². The second-order valence-electron chi connectivity index (χ2n) is 8.92. The summed E-state index contributed by atoms with van der Waals surface area (Å²) in [5.74, 6) is -3.51. The SMILES string of the molecule is CC(=O)C12c3ccccc3C(c3ccccc31)[C@@H]1C(=O)N(c3cc([N+](=O)[O-])ccc3Cl)C(=O)[C@@H]12. The highest BCUT2D eigenvalue weighted by atomic mass is 35.5. The third-order valence-electron chi connectivity index (χ3n) is 7.55. The van der Waals surface area contributed by atoms with Gasteiger partial charge in [-0.2, -0.15) is 0 Å². The van der Waals surface area contributed by atoms with Crippen molar-refractivity contribution in [1.82, 2.24) is 0 Å². The maximum Gasteiger partial charge on any atom is 0.271 e.